The predicted octanol–water partition coefficient (Wildman–Crippen LogP) is 2.61. The van der Waals surface area contributed by atoms with Crippen LogP contribution in [0.3, 0.4) is 0 Å². The Morgan fingerprint density at radius 2 is 1.81 bits per heavy atom. The van der Waals surface area contributed by atoms with Crippen molar-refractivity contribution in [1.29, 1.82) is 0 Å². The number of aromatic hydroxyl groups is 1. The number of aliphatic hydroxyl groups is 2. The number of sulfonamides is 1. The van der Waals surface area contributed by atoms with E-state index in [1.807, 2.05) is 30.5 Å². The molecule has 0 saturated carbocycles. The van der Waals surface area contributed by atoms with Crippen LogP contribution in [0.15, 0.2) is 83.9 Å². The second kappa shape index (κ2) is 11.4. The molecule has 0 aliphatic heterocycles. The minimum Gasteiger partial charge on any atom is -0.506 e. The zero-order chi connectivity index (χ0) is 25.5. The number of ether oxygens (including phenoxy) is 1. The number of phenolic OH excluding ortho intramolecular Hbond substituents is 1. The fraction of sp³-hybridized carbons (Fsp3) is 0.231. The average molecular weight is 512 g/mol. The molecule has 0 spiro atoms. The van der Waals surface area contributed by atoms with E-state index in [0.717, 1.165) is 10.9 Å². The number of hydrogen-bond donors (Lipinski definition) is 6. The van der Waals surface area contributed by atoms with Crippen LogP contribution in [0.25, 0.3) is 10.9 Å². The fourth-order valence-electron chi connectivity index (χ4n) is 3.81. The summed E-state index contributed by atoms with van der Waals surface area (Å²) >= 11 is 0. The summed E-state index contributed by atoms with van der Waals surface area (Å²) in [4.78, 5) is 3.19. The molecule has 190 valence electrons. The van der Waals surface area contributed by atoms with Gasteiger partial charge in [0.05, 0.1) is 17.2 Å². The maximum atomic E-state index is 12.6. The Hall–Kier alpha value is -3.57. The number of aliphatic hydroxyl groups excluding tert-OH is 2. The van der Waals surface area contributed by atoms with Gasteiger partial charge in [-0.25, -0.2) is 8.42 Å². The van der Waals surface area contributed by atoms with Crippen LogP contribution in [0.4, 0.5) is 5.69 Å². The van der Waals surface area contributed by atoms with Gasteiger partial charge in [0, 0.05) is 29.7 Å². The average Bonchev–Trinajstić information content (AvgIpc) is 3.37. The summed E-state index contributed by atoms with van der Waals surface area (Å²) in [5, 5.41) is 34.4. The Balaban J connectivity index is 1.33. The maximum Gasteiger partial charge on any atom is 0.262 e. The number of anilines is 1. The summed E-state index contributed by atoms with van der Waals surface area (Å²) in [6.45, 7) is 0.0438. The fourth-order valence-corrected chi connectivity index (χ4v) is 4.90. The Labute approximate surface area is 209 Å². The number of nitrogens with one attached hydrogen (secondary N) is 3. The lowest BCUT2D eigenvalue weighted by molar-refractivity contribution is 0.100. The third-order valence-electron chi connectivity index (χ3n) is 5.69. The van der Waals surface area contributed by atoms with E-state index < -0.39 is 22.2 Å². The minimum atomic E-state index is -3.87. The van der Waals surface area contributed by atoms with E-state index in [9.17, 15) is 23.7 Å². The number of benzene rings is 3. The van der Waals surface area contributed by atoms with E-state index in [1.165, 1.54) is 24.3 Å². The number of phenols is 1. The van der Waals surface area contributed by atoms with Crippen molar-refractivity contribution in [3.8, 4) is 11.5 Å². The predicted molar refractivity (Wildman–Crippen MR) is 138 cm³/mol. The first-order valence-corrected chi connectivity index (χ1v) is 12.9. The summed E-state index contributed by atoms with van der Waals surface area (Å²) in [5.41, 5.74) is 1.68. The minimum absolute atomic E-state index is 0.0420. The summed E-state index contributed by atoms with van der Waals surface area (Å²) in [6.07, 6.45) is 1.34. The number of aromatic nitrogens is 1. The molecule has 6 N–H and O–H groups in total. The van der Waals surface area contributed by atoms with Gasteiger partial charge in [0.15, 0.2) is 0 Å². The lowest BCUT2D eigenvalue weighted by Crippen LogP contribution is -2.41. The van der Waals surface area contributed by atoms with Gasteiger partial charge in [-0.3, -0.25) is 4.72 Å². The van der Waals surface area contributed by atoms with E-state index >= 15 is 0 Å². The lowest BCUT2D eigenvalue weighted by Gasteiger charge is -2.20. The van der Waals surface area contributed by atoms with Crippen molar-refractivity contribution in [3.63, 3.8) is 0 Å². The second-order valence-electron chi connectivity index (χ2n) is 8.42. The monoisotopic (exact) mass is 511 g/mol. The van der Waals surface area contributed by atoms with Crippen LogP contribution in [0.2, 0.25) is 0 Å². The molecular weight excluding hydrogens is 482 g/mol. The van der Waals surface area contributed by atoms with Crippen LogP contribution in [-0.2, 0) is 16.4 Å². The van der Waals surface area contributed by atoms with Gasteiger partial charge in [-0.1, -0.05) is 30.3 Å². The highest BCUT2D eigenvalue weighted by Gasteiger charge is 2.18. The molecule has 0 aliphatic rings. The summed E-state index contributed by atoms with van der Waals surface area (Å²) in [7, 11) is -3.87. The van der Waals surface area contributed by atoms with E-state index in [4.69, 9.17) is 4.74 Å². The van der Waals surface area contributed by atoms with Gasteiger partial charge >= 0.3 is 0 Å². The number of rotatable bonds is 12. The van der Waals surface area contributed by atoms with Crippen LogP contribution in [-0.4, -0.2) is 60.6 Å². The third kappa shape index (κ3) is 6.35. The number of aromatic amines is 1. The van der Waals surface area contributed by atoms with E-state index in [-0.39, 0.29) is 36.1 Å². The number of hydrogen-bond acceptors (Lipinski definition) is 7. The molecule has 0 unspecified atom stereocenters. The van der Waals surface area contributed by atoms with Crippen molar-refractivity contribution in [2.24, 2.45) is 0 Å². The van der Waals surface area contributed by atoms with Crippen molar-refractivity contribution in [3.05, 3.63) is 84.6 Å². The topological polar surface area (TPSA) is 144 Å². The standard InChI is InChI=1S/C26H29N3O6S/c30-16-19(28-15-20(31)17-35-26-8-4-7-23-22(26)11-12-27-23)13-18-9-10-25(32)24(14-18)29-36(33,34)21-5-2-1-3-6-21/h1-12,14,19-20,27-32H,13,15-17H2/t19-,20-/m0/s1. The maximum absolute atomic E-state index is 12.6. The molecule has 0 saturated heterocycles. The molecule has 36 heavy (non-hydrogen) atoms. The molecule has 9 nitrogen and oxygen atoms in total. The van der Waals surface area contributed by atoms with Gasteiger partial charge in [0.1, 0.15) is 24.2 Å². The van der Waals surface area contributed by atoms with Crippen LogP contribution >= 0.6 is 0 Å². The molecule has 10 heteroatoms. The molecule has 3 aromatic carbocycles. The van der Waals surface area contributed by atoms with Crippen molar-refractivity contribution in [2.45, 2.75) is 23.5 Å². The lowest BCUT2D eigenvalue weighted by atomic mass is 10.1. The first-order chi connectivity index (χ1) is 17.4. The molecule has 1 heterocycles. The quantitative estimate of drug-likeness (QED) is 0.160. The highest BCUT2D eigenvalue weighted by Crippen LogP contribution is 2.28. The largest absolute Gasteiger partial charge is 0.506 e. The molecule has 0 aliphatic carbocycles. The van der Waals surface area contributed by atoms with Crippen LogP contribution in [0.5, 0.6) is 11.5 Å². The van der Waals surface area contributed by atoms with Gasteiger partial charge in [0.2, 0.25) is 0 Å². The van der Waals surface area contributed by atoms with Crippen LogP contribution < -0.4 is 14.8 Å². The molecule has 2 atom stereocenters. The molecule has 1 aromatic heterocycles. The summed E-state index contributed by atoms with van der Waals surface area (Å²) in [6, 6.07) is 19.6. The van der Waals surface area contributed by atoms with Crippen LogP contribution in [0, 0.1) is 0 Å². The zero-order valence-corrected chi connectivity index (χ0v) is 20.3. The van der Waals surface area contributed by atoms with Gasteiger partial charge in [-0.2, -0.15) is 0 Å². The van der Waals surface area contributed by atoms with Gasteiger partial charge in [-0.05, 0) is 54.4 Å². The Bertz CT molecular complexity index is 1390. The first-order valence-electron chi connectivity index (χ1n) is 11.5. The van der Waals surface area contributed by atoms with Crippen molar-refractivity contribution in [2.75, 3.05) is 24.5 Å². The molecule has 0 fully saturated rings. The molecular formula is C26H29N3O6S. The molecule has 4 rings (SSSR count). The Morgan fingerprint density at radius 1 is 1.00 bits per heavy atom. The normalized spacial score (nSPS) is 13.4. The van der Waals surface area contributed by atoms with Crippen LogP contribution in [0.1, 0.15) is 5.56 Å². The molecule has 0 radical (unpaired) electrons. The van der Waals surface area contributed by atoms with E-state index in [2.05, 4.69) is 15.0 Å². The Kier molecular flexibility index (Phi) is 8.11. The van der Waals surface area contributed by atoms with E-state index in [1.54, 1.807) is 24.3 Å². The van der Waals surface area contributed by atoms with Gasteiger partial charge in [0.25, 0.3) is 10.0 Å². The molecule has 0 amide bonds. The smallest absolute Gasteiger partial charge is 0.262 e. The summed E-state index contributed by atoms with van der Waals surface area (Å²) in [5.74, 6) is 0.456. The van der Waals surface area contributed by atoms with Crippen molar-refractivity contribution >= 4 is 26.6 Å². The van der Waals surface area contributed by atoms with Crippen molar-refractivity contribution in [1.82, 2.24) is 10.3 Å². The number of fused-ring (bicyclic) bond motifs is 1. The Morgan fingerprint density at radius 3 is 2.58 bits per heavy atom. The SMILES string of the molecule is O=S(=O)(Nc1cc(C[C@@H](CO)NC[C@H](O)COc2cccc3[nH]ccc23)ccc1O)c1ccccc1. The third-order valence-corrected chi connectivity index (χ3v) is 7.07. The van der Waals surface area contributed by atoms with E-state index in [0.29, 0.717) is 17.7 Å². The van der Waals surface area contributed by atoms with Gasteiger partial charge < -0.3 is 30.4 Å². The summed E-state index contributed by atoms with van der Waals surface area (Å²) < 4.78 is 33.4. The number of H-pyrrole nitrogens is 1. The first kappa shape index (κ1) is 25.5. The van der Waals surface area contributed by atoms with Gasteiger partial charge in [-0.15, -0.1) is 0 Å². The van der Waals surface area contributed by atoms with Crippen molar-refractivity contribution < 1.29 is 28.5 Å². The second-order valence-corrected chi connectivity index (χ2v) is 10.1. The highest BCUT2D eigenvalue weighted by atomic mass is 32.2. The zero-order valence-electron chi connectivity index (χ0n) is 19.5. The highest BCUT2D eigenvalue weighted by molar-refractivity contribution is 7.92. The molecule has 4 aromatic rings. The molecule has 0 bridgehead atoms.